The standard InChI is InChI=1S/C24H27N3O3/c1-4-11-19-20(25-22(30-19)18-14-9-6-10-15-18)23(28)27-21(16(2)26(3)24(27)29)17-12-7-5-8-13-17/h5-10,12-16,19-21H,4,11H2,1-3H3/t16-,19-,20+,21-/m0/s1. The summed E-state index contributed by atoms with van der Waals surface area (Å²) in [5, 5.41) is 0. The van der Waals surface area contributed by atoms with Crippen LogP contribution >= 0.6 is 0 Å². The molecule has 0 spiro atoms. The van der Waals surface area contributed by atoms with E-state index in [0.29, 0.717) is 12.3 Å². The van der Waals surface area contributed by atoms with Gasteiger partial charge in [-0.15, -0.1) is 0 Å². The first-order valence-electron chi connectivity index (χ1n) is 10.5. The number of urea groups is 1. The van der Waals surface area contributed by atoms with Crippen molar-refractivity contribution in [3.63, 3.8) is 0 Å². The van der Waals surface area contributed by atoms with Crippen molar-refractivity contribution < 1.29 is 14.3 Å². The number of benzene rings is 2. The molecule has 2 aromatic rings. The number of likely N-dealkylation sites (N-methyl/N-ethyl adjacent to an activating group) is 1. The number of hydrogen-bond donors (Lipinski definition) is 0. The van der Waals surface area contributed by atoms with Gasteiger partial charge in [0.1, 0.15) is 6.10 Å². The summed E-state index contributed by atoms with van der Waals surface area (Å²) < 4.78 is 6.09. The largest absolute Gasteiger partial charge is 0.471 e. The van der Waals surface area contributed by atoms with E-state index in [4.69, 9.17) is 4.74 Å². The summed E-state index contributed by atoms with van der Waals surface area (Å²) in [6, 6.07) is 17.8. The highest BCUT2D eigenvalue weighted by Gasteiger charge is 2.50. The molecule has 0 aromatic heterocycles. The molecule has 0 unspecified atom stereocenters. The number of carbonyl (C=O) groups is 2. The summed E-state index contributed by atoms with van der Waals surface area (Å²) in [5.41, 5.74) is 1.78. The molecule has 2 heterocycles. The maximum Gasteiger partial charge on any atom is 0.327 e. The Balaban J connectivity index is 1.69. The molecule has 1 fully saturated rings. The lowest BCUT2D eigenvalue weighted by molar-refractivity contribution is -0.132. The number of nitrogens with zero attached hydrogens (tertiary/aromatic N) is 3. The Bertz CT molecular complexity index is 945. The first-order valence-corrected chi connectivity index (χ1v) is 10.5. The number of imide groups is 1. The summed E-state index contributed by atoms with van der Waals surface area (Å²) in [6.45, 7) is 4.02. The van der Waals surface area contributed by atoms with Crippen molar-refractivity contribution in [3.05, 3.63) is 71.8 Å². The van der Waals surface area contributed by atoms with Crippen molar-refractivity contribution in [3.8, 4) is 0 Å². The number of ether oxygens (including phenoxy) is 1. The molecule has 6 heteroatoms. The molecule has 0 N–H and O–H groups in total. The molecule has 0 bridgehead atoms. The van der Waals surface area contributed by atoms with Gasteiger partial charge >= 0.3 is 6.03 Å². The molecule has 2 aliphatic heterocycles. The van der Waals surface area contributed by atoms with Gasteiger partial charge in [0.2, 0.25) is 5.90 Å². The topological polar surface area (TPSA) is 62.2 Å². The average molecular weight is 405 g/mol. The minimum Gasteiger partial charge on any atom is -0.471 e. The molecule has 3 amide bonds. The number of hydrogen-bond acceptors (Lipinski definition) is 4. The fraction of sp³-hybridized carbons (Fsp3) is 0.375. The van der Waals surface area contributed by atoms with E-state index in [9.17, 15) is 9.59 Å². The van der Waals surface area contributed by atoms with Crippen LogP contribution in [0.15, 0.2) is 65.7 Å². The van der Waals surface area contributed by atoms with E-state index in [1.54, 1.807) is 11.9 Å². The molecule has 4 atom stereocenters. The van der Waals surface area contributed by atoms with Crippen LogP contribution in [0.2, 0.25) is 0 Å². The first-order chi connectivity index (χ1) is 14.5. The highest BCUT2D eigenvalue weighted by atomic mass is 16.5. The maximum atomic E-state index is 13.7. The summed E-state index contributed by atoms with van der Waals surface area (Å²) in [6.07, 6.45) is 1.18. The van der Waals surface area contributed by atoms with Crippen molar-refractivity contribution in [1.82, 2.24) is 9.80 Å². The van der Waals surface area contributed by atoms with E-state index in [0.717, 1.165) is 17.5 Å². The molecule has 4 rings (SSSR count). The normalized spacial score (nSPS) is 26.0. The molecule has 156 valence electrons. The maximum absolute atomic E-state index is 13.7. The van der Waals surface area contributed by atoms with Crippen LogP contribution in [0.4, 0.5) is 4.79 Å². The monoisotopic (exact) mass is 405 g/mol. The molecule has 2 aliphatic rings. The van der Waals surface area contributed by atoms with E-state index in [-0.39, 0.29) is 30.1 Å². The molecule has 0 saturated carbocycles. The number of amides is 3. The van der Waals surface area contributed by atoms with Crippen LogP contribution in [-0.2, 0) is 9.53 Å². The van der Waals surface area contributed by atoms with E-state index in [1.807, 2.05) is 67.6 Å². The van der Waals surface area contributed by atoms with Gasteiger partial charge in [-0.25, -0.2) is 9.79 Å². The fourth-order valence-electron chi connectivity index (χ4n) is 4.23. The van der Waals surface area contributed by atoms with E-state index in [2.05, 4.69) is 11.9 Å². The van der Waals surface area contributed by atoms with Gasteiger partial charge in [0.15, 0.2) is 6.04 Å². The minimum absolute atomic E-state index is 0.131. The molecule has 30 heavy (non-hydrogen) atoms. The van der Waals surface area contributed by atoms with Crippen LogP contribution in [0.3, 0.4) is 0 Å². The number of carbonyl (C=O) groups excluding carboxylic acids is 2. The summed E-state index contributed by atoms with van der Waals surface area (Å²) in [7, 11) is 1.74. The minimum atomic E-state index is -0.728. The zero-order valence-corrected chi connectivity index (χ0v) is 17.6. The Morgan fingerprint density at radius 1 is 1.07 bits per heavy atom. The van der Waals surface area contributed by atoms with Crippen molar-refractivity contribution in [2.75, 3.05) is 7.05 Å². The second kappa shape index (κ2) is 8.30. The summed E-state index contributed by atoms with van der Waals surface area (Å²) in [4.78, 5) is 34.4. The zero-order chi connectivity index (χ0) is 21.3. The number of rotatable bonds is 5. The zero-order valence-electron chi connectivity index (χ0n) is 17.6. The highest BCUT2D eigenvalue weighted by molar-refractivity contribution is 6.03. The Morgan fingerprint density at radius 2 is 1.70 bits per heavy atom. The van der Waals surface area contributed by atoms with Crippen LogP contribution in [0.25, 0.3) is 0 Å². The van der Waals surface area contributed by atoms with Crippen molar-refractivity contribution in [1.29, 1.82) is 0 Å². The highest BCUT2D eigenvalue weighted by Crippen LogP contribution is 2.36. The molecule has 6 nitrogen and oxygen atoms in total. The molecule has 0 aliphatic carbocycles. The lowest BCUT2D eigenvalue weighted by atomic mass is 9.98. The van der Waals surface area contributed by atoms with Gasteiger partial charge < -0.3 is 9.64 Å². The van der Waals surface area contributed by atoms with Gasteiger partial charge in [-0.1, -0.05) is 61.9 Å². The van der Waals surface area contributed by atoms with E-state index >= 15 is 0 Å². The van der Waals surface area contributed by atoms with Gasteiger partial charge in [0.25, 0.3) is 5.91 Å². The predicted molar refractivity (Wildman–Crippen MR) is 115 cm³/mol. The van der Waals surface area contributed by atoms with Crippen LogP contribution in [0, 0.1) is 0 Å². The molecular weight excluding hydrogens is 378 g/mol. The quantitative estimate of drug-likeness (QED) is 0.755. The molecule has 0 radical (unpaired) electrons. The third kappa shape index (κ3) is 3.47. The number of aliphatic imine (C=N–C) groups is 1. The SMILES string of the molecule is CCC[C@@H]1OC(c2ccccc2)=N[C@H]1C(=O)N1C(=O)N(C)[C@@H](C)[C@H]1c1ccccc1. The van der Waals surface area contributed by atoms with Gasteiger partial charge in [0.05, 0.1) is 12.1 Å². The summed E-state index contributed by atoms with van der Waals surface area (Å²) >= 11 is 0. The second-order valence-corrected chi connectivity index (χ2v) is 7.89. The second-order valence-electron chi connectivity index (χ2n) is 7.89. The fourth-order valence-corrected chi connectivity index (χ4v) is 4.23. The average Bonchev–Trinajstić information content (AvgIpc) is 3.30. The predicted octanol–water partition coefficient (Wildman–Crippen LogP) is 4.02. The van der Waals surface area contributed by atoms with Gasteiger partial charge in [-0.2, -0.15) is 0 Å². The first kappa shape index (κ1) is 20.1. The summed E-state index contributed by atoms with van der Waals surface area (Å²) in [5.74, 6) is 0.172. The lowest BCUT2D eigenvalue weighted by Gasteiger charge is -2.27. The Labute approximate surface area is 177 Å². The van der Waals surface area contributed by atoms with Gasteiger partial charge in [-0.3, -0.25) is 9.69 Å². The molecular formula is C24H27N3O3. The van der Waals surface area contributed by atoms with Crippen LogP contribution in [0.1, 0.15) is 43.9 Å². The van der Waals surface area contributed by atoms with Gasteiger partial charge in [0, 0.05) is 12.6 Å². The molecule has 1 saturated heterocycles. The van der Waals surface area contributed by atoms with Crippen molar-refractivity contribution in [2.24, 2.45) is 4.99 Å². The Morgan fingerprint density at radius 3 is 2.33 bits per heavy atom. The third-order valence-electron chi connectivity index (χ3n) is 5.95. The van der Waals surface area contributed by atoms with Crippen molar-refractivity contribution >= 4 is 17.8 Å². The van der Waals surface area contributed by atoms with Crippen LogP contribution in [-0.4, -0.2) is 52.9 Å². The van der Waals surface area contributed by atoms with Crippen LogP contribution < -0.4 is 0 Å². The third-order valence-corrected chi connectivity index (χ3v) is 5.95. The Hall–Kier alpha value is -3.15. The van der Waals surface area contributed by atoms with E-state index in [1.165, 1.54) is 4.90 Å². The Kier molecular flexibility index (Phi) is 5.57. The van der Waals surface area contributed by atoms with Crippen molar-refractivity contribution in [2.45, 2.75) is 50.9 Å². The smallest absolute Gasteiger partial charge is 0.327 e. The lowest BCUT2D eigenvalue weighted by Crippen LogP contribution is -2.45. The van der Waals surface area contributed by atoms with E-state index < -0.39 is 6.04 Å². The molecule has 2 aromatic carbocycles. The van der Waals surface area contributed by atoms with Gasteiger partial charge in [-0.05, 0) is 31.0 Å². The van der Waals surface area contributed by atoms with Crippen LogP contribution in [0.5, 0.6) is 0 Å².